The van der Waals surface area contributed by atoms with Crippen molar-refractivity contribution in [1.29, 1.82) is 0 Å². The Morgan fingerprint density at radius 3 is 2.76 bits per heavy atom. The van der Waals surface area contributed by atoms with Crippen LogP contribution in [0.4, 0.5) is 5.82 Å². The van der Waals surface area contributed by atoms with Crippen molar-refractivity contribution < 1.29 is 9.84 Å². The fourth-order valence-corrected chi connectivity index (χ4v) is 5.94. The normalized spacial score (nSPS) is 22.1. The molecule has 10 nitrogen and oxygen atoms in total. The molecule has 1 aromatic carbocycles. The van der Waals surface area contributed by atoms with Crippen molar-refractivity contribution >= 4 is 34.0 Å². The van der Waals surface area contributed by atoms with Gasteiger partial charge in [-0.1, -0.05) is 29.8 Å². The topological polar surface area (TPSA) is 103 Å². The highest BCUT2D eigenvalue weighted by Crippen LogP contribution is 2.38. The Morgan fingerprint density at radius 1 is 1.08 bits per heavy atom. The fraction of sp³-hybridized carbons (Fsp3) is 0.333. The van der Waals surface area contributed by atoms with Crippen molar-refractivity contribution in [1.82, 2.24) is 28.7 Å². The number of hydrogen-bond acceptors (Lipinski definition) is 7. The molecule has 2 fully saturated rings. The molecule has 11 heteroatoms. The highest BCUT2D eigenvalue weighted by Gasteiger charge is 2.38. The van der Waals surface area contributed by atoms with Gasteiger partial charge in [-0.25, -0.2) is 14.5 Å². The summed E-state index contributed by atoms with van der Waals surface area (Å²) in [7, 11) is 0. The lowest BCUT2D eigenvalue weighted by Gasteiger charge is -2.27. The minimum atomic E-state index is -0.633. The molecule has 0 spiro atoms. The average Bonchev–Trinajstić information content (AvgIpc) is 3.66. The van der Waals surface area contributed by atoms with Crippen LogP contribution in [0.15, 0.2) is 66.0 Å². The molecule has 38 heavy (non-hydrogen) atoms. The summed E-state index contributed by atoms with van der Waals surface area (Å²) < 4.78 is 11.2. The van der Waals surface area contributed by atoms with Crippen molar-refractivity contribution in [2.45, 2.75) is 44.1 Å². The minimum Gasteiger partial charge on any atom is -0.391 e. The van der Waals surface area contributed by atoms with Crippen LogP contribution in [0.3, 0.4) is 0 Å². The van der Waals surface area contributed by atoms with E-state index in [0.717, 1.165) is 36.9 Å². The largest absolute Gasteiger partial charge is 0.391 e. The van der Waals surface area contributed by atoms with Gasteiger partial charge in [0.05, 0.1) is 34.7 Å². The molecule has 0 bridgehead atoms. The minimum absolute atomic E-state index is 0.0604. The number of imidazole rings is 1. The fourth-order valence-electron chi connectivity index (χ4n) is 5.71. The highest BCUT2D eigenvalue weighted by molar-refractivity contribution is 6.33. The van der Waals surface area contributed by atoms with Crippen LogP contribution < -0.4 is 10.5 Å². The van der Waals surface area contributed by atoms with Gasteiger partial charge in [-0.15, -0.1) is 0 Å². The summed E-state index contributed by atoms with van der Waals surface area (Å²) >= 11 is 6.37. The molecule has 2 aliphatic rings. The van der Waals surface area contributed by atoms with E-state index in [0.29, 0.717) is 40.8 Å². The smallest absolute Gasteiger partial charge is 0.284 e. The van der Waals surface area contributed by atoms with E-state index >= 15 is 0 Å². The Labute approximate surface area is 222 Å². The number of β-amino-alcohol motifs (C(OH)–C–C–N with tert-alkyl or cyclic N) is 1. The summed E-state index contributed by atoms with van der Waals surface area (Å²) in [4.78, 5) is 25.2. The van der Waals surface area contributed by atoms with Gasteiger partial charge in [-0.2, -0.15) is 5.10 Å². The number of aliphatic hydroxyl groups is 1. The van der Waals surface area contributed by atoms with Crippen LogP contribution in [0.1, 0.15) is 43.8 Å². The van der Waals surface area contributed by atoms with Crippen LogP contribution in [0.2, 0.25) is 5.02 Å². The number of para-hydroxylation sites is 1. The number of aliphatic hydroxyl groups excluding tert-OH is 1. The summed E-state index contributed by atoms with van der Waals surface area (Å²) in [5.74, 6) is 1.13. The average molecular weight is 532 g/mol. The molecule has 0 saturated carbocycles. The first-order valence-corrected chi connectivity index (χ1v) is 13.2. The van der Waals surface area contributed by atoms with Gasteiger partial charge in [0.1, 0.15) is 17.3 Å². The molecule has 6 heterocycles. The number of anilines is 1. The van der Waals surface area contributed by atoms with Gasteiger partial charge < -0.3 is 19.3 Å². The van der Waals surface area contributed by atoms with Crippen molar-refractivity contribution in [3.05, 3.63) is 82.4 Å². The van der Waals surface area contributed by atoms with E-state index in [4.69, 9.17) is 31.4 Å². The number of benzene rings is 1. The molecule has 2 saturated heterocycles. The third-order valence-electron chi connectivity index (χ3n) is 7.46. The third-order valence-corrected chi connectivity index (χ3v) is 7.77. The van der Waals surface area contributed by atoms with Crippen molar-refractivity contribution in [2.24, 2.45) is 0 Å². The number of rotatable bonds is 4. The lowest BCUT2D eigenvalue weighted by atomic mass is 10.1. The van der Waals surface area contributed by atoms with Gasteiger partial charge in [0.15, 0.2) is 11.6 Å². The SMILES string of the molecule is O=c1c2c(Cl)ccn2nc([C@@H]2C[C@@H](O)CN2c2nccc3c2ncn3C2CCCCO2)n1-c1ccccc1. The Balaban J connectivity index is 1.39. The zero-order valence-electron chi connectivity index (χ0n) is 20.5. The second-order valence-corrected chi connectivity index (χ2v) is 10.2. The van der Waals surface area contributed by atoms with Gasteiger partial charge in [0.2, 0.25) is 0 Å². The van der Waals surface area contributed by atoms with E-state index in [2.05, 4.69) is 4.57 Å². The van der Waals surface area contributed by atoms with Crippen molar-refractivity contribution in [3.63, 3.8) is 0 Å². The molecule has 1 unspecified atom stereocenters. The maximum Gasteiger partial charge on any atom is 0.284 e. The molecule has 194 valence electrons. The molecule has 0 radical (unpaired) electrons. The summed E-state index contributed by atoms with van der Waals surface area (Å²) in [6.45, 7) is 1.07. The van der Waals surface area contributed by atoms with Gasteiger partial charge in [-0.3, -0.25) is 9.36 Å². The van der Waals surface area contributed by atoms with Crippen molar-refractivity contribution in [2.75, 3.05) is 18.1 Å². The Kier molecular flexibility index (Phi) is 5.68. The molecular weight excluding hydrogens is 506 g/mol. The maximum atomic E-state index is 13.8. The van der Waals surface area contributed by atoms with Crippen LogP contribution in [0, 0.1) is 0 Å². The quantitative estimate of drug-likeness (QED) is 0.375. The monoisotopic (exact) mass is 531 g/mol. The van der Waals surface area contributed by atoms with E-state index in [9.17, 15) is 9.90 Å². The van der Waals surface area contributed by atoms with E-state index in [1.807, 2.05) is 41.3 Å². The van der Waals surface area contributed by atoms with Gasteiger partial charge in [0.25, 0.3) is 5.56 Å². The molecule has 7 rings (SSSR count). The molecule has 2 aliphatic heterocycles. The molecule has 1 N–H and O–H groups in total. The predicted octanol–water partition coefficient (Wildman–Crippen LogP) is 3.89. The number of ether oxygens (including phenoxy) is 1. The van der Waals surface area contributed by atoms with Gasteiger partial charge in [0, 0.05) is 32.0 Å². The number of pyridine rings is 1. The summed E-state index contributed by atoms with van der Waals surface area (Å²) in [6.07, 6.45) is 8.03. The number of hydrogen-bond donors (Lipinski definition) is 1. The van der Waals surface area contributed by atoms with E-state index in [1.54, 1.807) is 29.4 Å². The second kappa shape index (κ2) is 9.23. The standard InChI is InChI=1S/C27H26ClN7O3/c28-19-10-12-34-24(19)27(37)35(17-6-2-1-3-7-17)25(31-34)21-14-18(36)15-32(21)26-23-20(9-11-29-26)33(16-30-23)22-8-4-5-13-38-22/h1-3,6-7,9-12,16,18,21-22,36H,4-5,8,13-15H2/t18-,21+,22?/m1/s1. The van der Waals surface area contributed by atoms with Crippen LogP contribution in [0.5, 0.6) is 0 Å². The lowest BCUT2D eigenvalue weighted by Crippen LogP contribution is -2.33. The molecule has 0 amide bonds. The molecule has 5 aromatic rings. The number of fused-ring (bicyclic) bond motifs is 2. The van der Waals surface area contributed by atoms with Gasteiger partial charge >= 0.3 is 0 Å². The van der Waals surface area contributed by atoms with E-state index in [-0.39, 0.29) is 11.8 Å². The lowest BCUT2D eigenvalue weighted by molar-refractivity contribution is -0.0295. The number of halogens is 1. The zero-order chi connectivity index (χ0) is 25.8. The Morgan fingerprint density at radius 2 is 1.95 bits per heavy atom. The third kappa shape index (κ3) is 3.71. The molecule has 0 aliphatic carbocycles. The summed E-state index contributed by atoms with van der Waals surface area (Å²) in [5.41, 5.74) is 2.34. The number of nitrogens with zero attached hydrogens (tertiary/aromatic N) is 7. The molecule has 4 aromatic heterocycles. The summed E-state index contributed by atoms with van der Waals surface area (Å²) in [6, 6.07) is 12.5. The summed E-state index contributed by atoms with van der Waals surface area (Å²) in [5, 5.41) is 16.1. The van der Waals surface area contributed by atoms with Crippen LogP contribution >= 0.6 is 11.6 Å². The van der Waals surface area contributed by atoms with Gasteiger partial charge in [-0.05, 0) is 43.5 Å². The van der Waals surface area contributed by atoms with Crippen LogP contribution in [-0.2, 0) is 4.74 Å². The highest BCUT2D eigenvalue weighted by atomic mass is 35.5. The van der Waals surface area contributed by atoms with E-state index < -0.39 is 12.1 Å². The van der Waals surface area contributed by atoms with Crippen molar-refractivity contribution in [3.8, 4) is 5.69 Å². The number of aromatic nitrogens is 6. The first-order valence-electron chi connectivity index (χ1n) is 12.8. The predicted molar refractivity (Wildman–Crippen MR) is 143 cm³/mol. The first kappa shape index (κ1) is 23.4. The van der Waals surface area contributed by atoms with Crippen LogP contribution in [-0.4, -0.2) is 53.1 Å². The maximum absolute atomic E-state index is 13.8. The van der Waals surface area contributed by atoms with E-state index in [1.165, 1.54) is 4.52 Å². The molecule has 3 atom stereocenters. The second-order valence-electron chi connectivity index (χ2n) is 9.82. The van der Waals surface area contributed by atoms with Crippen LogP contribution in [0.25, 0.3) is 22.2 Å². The Hall–Kier alpha value is -3.73. The Bertz CT molecular complexity index is 1690. The molecular formula is C27H26ClN7O3. The zero-order valence-corrected chi connectivity index (χ0v) is 21.3. The first-order chi connectivity index (χ1) is 18.6.